The number of hydrogen-bond acceptors (Lipinski definition) is 1. The average molecular weight is 324 g/mol. The van der Waals surface area contributed by atoms with Gasteiger partial charge in [0, 0.05) is 35.4 Å². The van der Waals surface area contributed by atoms with Crippen LogP contribution in [0.2, 0.25) is 0 Å². The van der Waals surface area contributed by atoms with E-state index in [1.165, 1.54) is 12.1 Å². The maximum atomic E-state index is 13.0. The molecule has 0 saturated heterocycles. The van der Waals surface area contributed by atoms with E-state index in [9.17, 15) is 9.18 Å². The third kappa shape index (κ3) is 3.53. The van der Waals surface area contributed by atoms with E-state index < -0.39 is 0 Å². The minimum absolute atomic E-state index is 0.166. The molecule has 0 N–H and O–H groups in total. The summed E-state index contributed by atoms with van der Waals surface area (Å²) in [6.07, 6.45) is 5.14. The Morgan fingerprint density at radius 1 is 1.37 bits per heavy atom. The number of rotatable bonds is 5. The molecular weight excluding hydrogens is 309 g/mol. The van der Waals surface area contributed by atoms with Gasteiger partial charge in [0.05, 0.1) is 0 Å². The predicted octanol–water partition coefficient (Wildman–Crippen LogP) is 4.42. The summed E-state index contributed by atoms with van der Waals surface area (Å²) < 4.78 is 15.7. The van der Waals surface area contributed by atoms with Crippen LogP contribution in [-0.2, 0) is 6.54 Å². The van der Waals surface area contributed by atoms with Crippen LogP contribution in [0.15, 0.2) is 41.1 Å². The molecule has 0 bridgehead atoms. The Kier molecular flexibility index (Phi) is 4.53. The molecule has 1 heterocycles. The van der Waals surface area contributed by atoms with Crippen LogP contribution in [0.4, 0.5) is 4.39 Å². The van der Waals surface area contributed by atoms with Gasteiger partial charge in [-0.25, -0.2) is 4.39 Å². The van der Waals surface area contributed by atoms with E-state index >= 15 is 0 Å². The molecule has 2 nitrogen and oxygen atoms in total. The minimum Gasteiger partial charge on any atom is -0.349 e. The fourth-order valence-electron chi connectivity index (χ4n) is 1.92. The summed E-state index contributed by atoms with van der Waals surface area (Å²) in [5.74, 6) is -0.0960. The van der Waals surface area contributed by atoms with Crippen molar-refractivity contribution in [2.24, 2.45) is 0 Å². The van der Waals surface area contributed by atoms with Crippen molar-refractivity contribution in [1.29, 1.82) is 0 Å². The molecule has 0 aliphatic rings. The molecule has 1 aromatic heterocycles. The van der Waals surface area contributed by atoms with Gasteiger partial charge in [0.1, 0.15) is 5.82 Å². The van der Waals surface area contributed by atoms with Gasteiger partial charge in [0.25, 0.3) is 0 Å². The largest absolute Gasteiger partial charge is 0.349 e. The first-order chi connectivity index (χ1) is 9.10. The number of halogens is 2. The fourth-order valence-corrected chi connectivity index (χ4v) is 2.40. The van der Waals surface area contributed by atoms with E-state index in [1.54, 1.807) is 6.07 Å². The molecule has 0 atom stereocenters. The third-order valence-corrected chi connectivity index (χ3v) is 3.66. The molecule has 0 aliphatic carbocycles. The van der Waals surface area contributed by atoms with Crippen molar-refractivity contribution in [3.8, 4) is 0 Å². The molecule has 2 aromatic rings. The van der Waals surface area contributed by atoms with Crippen molar-refractivity contribution in [2.75, 3.05) is 0 Å². The second-order valence-corrected chi connectivity index (χ2v) is 5.34. The lowest BCUT2D eigenvalue weighted by Gasteiger charge is -2.06. The van der Waals surface area contributed by atoms with Gasteiger partial charge in [-0.15, -0.1) is 0 Å². The zero-order valence-corrected chi connectivity index (χ0v) is 12.3. The number of carbonyl (C=O) groups is 1. The molecule has 100 valence electrons. The van der Waals surface area contributed by atoms with Crippen LogP contribution in [0.3, 0.4) is 0 Å². The van der Waals surface area contributed by atoms with Crippen LogP contribution in [0.25, 0.3) is 0 Å². The predicted molar refractivity (Wildman–Crippen MR) is 76.9 cm³/mol. The zero-order chi connectivity index (χ0) is 13.8. The highest BCUT2D eigenvalue weighted by Gasteiger charge is 2.07. The van der Waals surface area contributed by atoms with Crippen molar-refractivity contribution in [1.82, 2.24) is 4.57 Å². The van der Waals surface area contributed by atoms with Crippen LogP contribution in [0.5, 0.6) is 0 Å². The number of nitrogens with zero attached hydrogens (tertiary/aromatic N) is 1. The van der Waals surface area contributed by atoms with Crippen molar-refractivity contribution >= 4 is 21.7 Å². The maximum absolute atomic E-state index is 13.0. The Balaban J connectivity index is 2.13. The first-order valence-corrected chi connectivity index (χ1v) is 7.02. The normalized spacial score (nSPS) is 10.7. The van der Waals surface area contributed by atoms with E-state index in [1.807, 2.05) is 30.0 Å². The molecule has 0 saturated carbocycles. The summed E-state index contributed by atoms with van der Waals surface area (Å²) in [6, 6.07) is 6.46. The lowest BCUT2D eigenvalue weighted by Crippen LogP contribution is -1.99. The third-order valence-electron chi connectivity index (χ3n) is 2.92. The monoisotopic (exact) mass is 323 g/mol. The maximum Gasteiger partial charge on any atom is 0.164 e. The molecule has 2 rings (SSSR count). The lowest BCUT2D eigenvalue weighted by molar-refractivity contribution is 0.0981. The molecule has 0 unspecified atom stereocenters. The summed E-state index contributed by atoms with van der Waals surface area (Å²) in [6.45, 7) is 2.60. The van der Waals surface area contributed by atoms with Crippen LogP contribution in [0.1, 0.15) is 35.7 Å². The number of hydrogen-bond donors (Lipinski definition) is 0. The highest BCUT2D eigenvalue weighted by atomic mass is 79.9. The summed E-state index contributed by atoms with van der Waals surface area (Å²) in [5, 5.41) is 0. The topological polar surface area (TPSA) is 22.0 Å². The van der Waals surface area contributed by atoms with Crippen LogP contribution < -0.4 is 0 Å². The van der Waals surface area contributed by atoms with Gasteiger partial charge in [0.2, 0.25) is 0 Å². The average Bonchev–Trinajstić information content (AvgIpc) is 2.82. The molecular formula is C15H15BrFNO. The van der Waals surface area contributed by atoms with E-state index in [2.05, 4.69) is 15.9 Å². The highest BCUT2D eigenvalue weighted by molar-refractivity contribution is 9.10. The number of aromatic nitrogens is 1. The first kappa shape index (κ1) is 14.0. The van der Waals surface area contributed by atoms with Gasteiger partial charge in [-0.2, -0.15) is 0 Å². The molecule has 0 amide bonds. The second-order valence-electron chi connectivity index (χ2n) is 4.48. The van der Waals surface area contributed by atoms with Crippen LogP contribution >= 0.6 is 15.9 Å². The number of Topliss-reactive ketones (excluding diaryl/α,β-unsaturated/α-hetero) is 1. The van der Waals surface area contributed by atoms with Gasteiger partial charge in [-0.1, -0.05) is 28.9 Å². The van der Waals surface area contributed by atoms with E-state index in [0.717, 1.165) is 22.0 Å². The number of carbonyl (C=O) groups excluding carboxylic acids is 1. The Morgan fingerprint density at radius 3 is 2.84 bits per heavy atom. The molecule has 19 heavy (non-hydrogen) atoms. The smallest absolute Gasteiger partial charge is 0.164 e. The molecule has 0 spiro atoms. The summed E-state index contributed by atoms with van der Waals surface area (Å²) in [4.78, 5) is 11.7. The van der Waals surface area contributed by atoms with Crippen molar-refractivity contribution in [2.45, 2.75) is 26.3 Å². The lowest BCUT2D eigenvalue weighted by atomic mass is 10.1. The molecule has 0 aliphatic heterocycles. The summed E-state index contributed by atoms with van der Waals surface area (Å²) in [5.41, 5.74) is 1.71. The Labute approximate surface area is 120 Å². The second kappa shape index (κ2) is 6.15. The van der Waals surface area contributed by atoms with Gasteiger partial charge in [0.15, 0.2) is 5.78 Å². The van der Waals surface area contributed by atoms with Gasteiger partial charge in [-0.3, -0.25) is 4.79 Å². The van der Waals surface area contributed by atoms with Crippen molar-refractivity contribution < 1.29 is 9.18 Å². The standard InChI is InChI=1S/C15H15BrFNO/c1-2-3-15(19)12-6-7-18(10-12)9-11-4-5-13(17)8-14(11)16/h4-8,10H,2-3,9H2,1H3. The first-order valence-electron chi connectivity index (χ1n) is 6.23. The van der Waals surface area contributed by atoms with E-state index in [4.69, 9.17) is 0 Å². The van der Waals surface area contributed by atoms with Crippen LogP contribution in [0, 0.1) is 5.82 Å². The molecule has 4 heteroatoms. The number of ketones is 1. The molecule has 1 aromatic carbocycles. The summed E-state index contributed by atoms with van der Waals surface area (Å²) in [7, 11) is 0. The molecule has 0 radical (unpaired) electrons. The van der Waals surface area contributed by atoms with Gasteiger partial charge in [-0.05, 0) is 30.2 Å². The Bertz CT molecular complexity index is 592. The van der Waals surface area contributed by atoms with Gasteiger partial charge >= 0.3 is 0 Å². The Hall–Kier alpha value is -1.42. The van der Waals surface area contributed by atoms with E-state index in [-0.39, 0.29) is 11.6 Å². The Morgan fingerprint density at radius 2 is 2.16 bits per heavy atom. The minimum atomic E-state index is -0.262. The quantitative estimate of drug-likeness (QED) is 0.746. The zero-order valence-electron chi connectivity index (χ0n) is 10.7. The van der Waals surface area contributed by atoms with Gasteiger partial charge < -0.3 is 4.57 Å². The SMILES string of the molecule is CCCC(=O)c1ccn(Cc2ccc(F)cc2Br)c1. The van der Waals surface area contributed by atoms with Crippen LogP contribution in [-0.4, -0.2) is 10.4 Å². The highest BCUT2D eigenvalue weighted by Crippen LogP contribution is 2.19. The van der Waals surface area contributed by atoms with Crippen molar-refractivity contribution in [3.05, 3.63) is 58.1 Å². The van der Waals surface area contributed by atoms with Crippen molar-refractivity contribution in [3.63, 3.8) is 0 Å². The number of benzene rings is 1. The molecule has 0 fully saturated rings. The van der Waals surface area contributed by atoms with E-state index in [0.29, 0.717) is 13.0 Å². The summed E-state index contributed by atoms with van der Waals surface area (Å²) >= 11 is 3.34. The fraction of sp³-hybridized carbons (Fsp3) is 0.267.